The van der Waals surface area contributed by atoms with Crippen LogP contribution in [0.2, 0.25) is 0 Å². The van der Waals surface area contributed by atoms with Crippen LogP contribution in [0.1, 0.15) is 21.5 Å². The van der Waals surface area contributed by atoms with Gasteiger partial charge in [-0.05, 0) is 48.4 Å². The first-order valence-corrected chi connectivity index (χ1v) is 8.07. The molecule has 7 heteroatoms. The number of hydrogen-bond donors (Lipinski definition) is 1. The second-order valence-electron chi connectivity index (χ2n) is 5.91. The van der Waals surface area contributed by atoms with Gasteiger partial charge < -0.3 is 4.74 Å². The lowest BCUT2D eigenvalue weighted by Gasteiger charge is -2.26. The molecule has 1 aliphatic rings. The van der Waals surface area contributed by atoms with Crippen LogP contribution >= 0.6 is 0 Å². The SMILES string of the molecule is COC(=O)c1ccc(C=C2C(=O)NC(=O)N(c3cccc(C)c3)C2=O)cc1. The van der Waals surface area contributed by atoms with Gasteiger partial charge in [-0.2, -0.15) is 0 Å². The number of carbonyl (C=O) groups excluding carboxylic acids is 4. The molecule has 2 aromatic rings. The number of imide groups is 2. The van der Waals surface area contributed by atoms with Crippen molar-refractivity contribution in [3.8, 4) is 0 Å². The number of hydrogen-bond acceptors (Lipinski definition) is 5. The maximum atomic E-state index is 12.8. The van der Waals surface area contributed by atoms with Crippen molar-refractivity contribution in [2.45, 2.75) is 6.92 Å². The van der Waals surface area contributed by atoms with Gasteiger partial charge in [-0.3, -0.25) is 14.9 Å². The van der Waals surface area contributed by atoms with E-state index in [-0.39, 0.29) is 5.57 Å². The largest absolute Gasteiger partial charge is 0.465 e. The number of amides is 4. The second kappa shape index (κ2) is 7.25. The monoisotopic (exact) mass is 364 g/mol. The minimum Gasteiger partial charge on any atom is -0.465 e. The van der Waals surface area contributed by atoms with Gasteiger partial charge in [0.2, 0.25) is 0 Å². The molecule has 2 aromatic carbocycles. The number of carbonyl (C=O) groups is 4. The fourth-order valence-corrected chi connectivity index (χ4v) is 2.66. The molecule has 1 saturated heterocycles. The van der Waals surface area contributed by atoms with E-state index in [2.05, 4.69) is 10.1 Å². The van der Waals surface area contributed by atoms with Crippen molar-refractivity contribution in [1.82, 2.24) is 5.32 Å². The zero-order valence-corrected chi connectivity index (χ0v) is 14.7. The number of barbiturate groups is 1. The molecule has 0 bridgehead atoms. The number of methoxy groups -OCH3 is 1. The van der Waals surface area contributed by atoms with Crippen molar-refractivity contribution in [3.63, 3.8) is 0 Å². The predicted octanol–water partition coefficient (Wildman–Crippen LogP) is 2.45. The highest BCUT2D eigenvalue weighted by molar-refractivity contribution is 6.39. The van der Waals surface area contributed by atoms with Gasteiger partial charge in [0.15, 0.2) is 0 Å². The maximum Gasteiger partial charge on any atom is 0.337 e. The summed E-state index contributed by atoms with van der Waals surface area (Å²) in [5, 5.41) is 2.17. The highest BCUT2D eigenvalue weighted by Crippen LogP contribution is 2.22. The van der Waals surface area contributed by atoms with Crippen molar-refractivity contribution in [2.24, 2.45) is 0 Å². The Morgan fingerprint density at radius 1 is 1.07 bits per heavy atom. The number of nitrogens with zero attached hydrogens (tertiary/aromatic N) is 1. The van der Waals surface area contributed by atoms with Crippen LogP contribution in [0, 0.1) is 6.92 Å². The highest BCUT2D eigenvalue weighted by Gasteiger charge is 2.36. The Bertz CT molecular complexity index is 976. The molecule has 0 aromatic heterocycles. The van der Waals surface area contributed by atoms with Crippen LogP contribution in [-0.4, -0.2) is 30.9 Å². The van der Waals surface area contributed by atoms with Crippen LogP contribution in [0.15, 0.2) is 54.1 Å². The summed E-state index contributed by atoms with van der Waals surface area (Å²) in [6.45, 7) is 1.83. The quantitative estimate of drug-likeness (QED) is 0.513. The van der Waals surface area contributed by atoms with Crippen LogP contribution in [0.5, 0.6) is 0 Å². The molecule has 7 nitrogen and oxygen atoms in total. The number of aryl methyl sites for hydroxylation is 1. The van der Waals surface area contributed by atoms with Crippen LogP contribution in [0.3, 0.4) is 0 Å². The summed E-state index contributed by atoms with van der Waals surface area (Å²) < 4.78 is 4.63. The molecule has 27 heavy (non-hydrogen) atoms. The molecule has 1 N–H and O–H groups in total. The summed E-state index contributed by atoms with van der Waals surface area (Å²) >= 11 is 0. The molecule has 1 aliphatic heterocycles. The number of esters is 1. The van der Waals surface area contributed by atoms with Crippen molar-refractivity contribution < 1.29 is 23.9 Å². The first-order chi connectivity index (χ1) is 12.9. The lowest BCUT2D eigenvalue weighted by Crippen LogP contribution is -2.54. The smallest absolute Gasteiger partial charge is 0.337 e. The van der Waals surface area contributed by atoms with Gasteiger partial charge in [0.25, 0.3) is 11.8 Å². The first-order valence-electron chi connectivity index (χ1n) is 8.07. The van der Waals surface area contributed by atoms with E-state index < -0.39 is 23.8 Å². The highest BCUT2D eigenvalue weighted by atomic mass is 16.5. The van der Waals surface area contributed by atoms with Gasteiger partial charge >= 0.3 is 12.0 Å². The summed E-state index contributed by atoms with van der Waals surface area (Å²) in [5.74, 6) is -1.98. The fourth-order valence-electron chi connectivity index (χ4n) is 2.66. The Labute approximate surface area is 155 Å². The molecule has 3 rings (SSSR count). The third-order valence-electron chi connectivity index (χ3n) is 4.00. The molecule has 0 aliphatic carbocycles. The third kappa shape index (κ3) is 3.62. The van der Waals surface area contributed by atoms with Crippen molar-refractivity contribution in [2.75, 3.05) is 12.0 Å². The normalized spacial score (nSPS) is 15.7. The molecular formula is C20H16N2O5. The summed E-state index contributed by atoms with van der Waals surface area (Å²) in [6, 6.07) is 12.2. The number of urea groups is 1. The van der Waals surface area contributed by atoms with Gasteiger partial charge in [0.05, 0.1) is 18.4 Å². The Morgan fingerprint density at radius 3 is 2.41 bits per heavy atom. The zero-order chi connectivity index (χ0) is 19.6. The minimum absolute atomic E-state index is 0.179. The topological polar surface area (TPSA) is 92.8 Å². The molecule has 1 fully saturated rings. The van der Waals surface area contributed by atoms with Crippen LogP contribution < -0.4 is 10.2 Å². The van der Waals surface area contributed by atoms with Gasteiger partial charge in [-0.15, -0.1) is 0 Å². The lowest BCUT2D eigenvalue weighted by atomic mass is 10.1. The Hall–Kier alpha value is -3.74. The molecule has 0 spiro atoms. The Kier molecular flexibility index (Phi) is 4.85. The van der Waals surface area contributed by atoms with Crippen LogP contribution in [-0.2, 0) is 14.3 Å². The molecule has 1 heterocycles. The number of rotatable bonds is 3. The van der Waals surface area contributed by atoms with E-state index in [1.165, 1.54) is 25.3 Å². The Balaban J connectivity index is 1.95. The van der Waals surface area contributed by atoms with Crippen LogP contribution in [0.25, 0.3) is 6.08 Å². The van der Waals surface area contributed by atoms with Gasteiger partial charge in [0.1, 0.15) is 5.57 Å². The fraction of sp³-hybridized carbons (Fsp3) is 0.100. The molecule has 0 saturated carbocycles. The number of benzene rings is 2. The van der Waals surface area contributed by atoms with E-state index in [9.17, 15) is 19.2 Å². The zero-order valence-electron chi connectivity index (χ0n) is 14.7. The summed E-state index contributed by atoms with van der Waals surface area (Å²) in [4.78, 5) is 49.5. The van der Waals surface area contributed by atoms with Gasteiger partial charge in [0, 0.05) is 0 Å². The summed E-state index contributed by atoms with van der Waals surface area (Å²) in [6.07, 6.45) is 1.37. The van der Waals surface area contributed by atoms with Crippen LogP contribution in [0.4, 0.5) is 10.5 Å². The molecule has 136 valence electrons. The summed E-state index contributed by atoms with van der Waals surface area (Å²) in [5.41, 5.74) is 1.93. The van der Waals surface area contributed by atoms with Gasteiger partial charge in [-0.25, -0.2) is 14.5 Å². The minimum atomic E-state index is -0.797. The predicted molar refractivity (Wildman–Crippen MR) is 98.0 cm³/mol. The van der Waals surface area contributed by atoms with Gasteiger partial charge in [-0.1, -0.05) is 24.3 Å². The standard InChI is InChI=1S/C20H16N2O5/c1-12-4-3-5-15(10-12)22-18(24)16(17(23)21-20(22)26)11-13-6-8-14(9-7-13)19(25)27-2/h3-11H,1-2H3,(H,21,23,26). The van der Waals surface area contributed by atoms with E-state index in [1.54, 1.807) is 30.3 Å². The third-order valence-corrected chi connectivity index (χ3v) is 4.00. The average molecular weight is 364 g/mol. The second-order valence-corrected chi connectivity index (χ2v) is 5.91. The molecule has 0 radical (unpaired) electrons. The maximum absolute atomic E-state index is 12.8. The molecule has 4 amide bonds. The molecule has 0 atom stereocenters. The first kappa shape index (κ1) is 18.1. The lowest BCUT2D eigenvalue weighted by molar-refractivity contribution is -0.122. The van der Waals surface area contributed by atoms with E-state index in [0.29, 0.717) is 16.8 Å². The van der Waals surface area contributed by atoms with Crippen molar-refractivity contribution >= 4 is 35.6 Å². The summed E-state index contributed by atoms with van der Waals surface area (Å²) in [7, 11) is 1.28. The average Bonchev–Trinajstić information content (AvgIpc) is 2.65. The van der Waals surface area contributed by atoms with Crippen molar-refractivity contribution in [3.05, 3.63) is 70.8 Å². The van der Waals surface area contributed by atoms with E-state index in [1.807, 2.05) is 13.0 Å². The van der Waals surface area contributed by atoms with E-state index >= 15 is 0 Å². The van der Waals surface area contributed by atoms with E-state index in [4.69, 9.17) is 0 Å². The van der Waals surface area contributed by atoms with E-state index in [0.717, 1.165) is 10.5 Å². The molecular weight excluding hydrogens is 348 g/mol. The number of nitrogens with one attached hydrogen (secondary N) is 1. The number of ether oxygens (including phenoxy) is 1. The van der Waals surface area contributed by atoms with Crippen molar-refractivity contribution in [1.29, 1.82) is 0 Å². The Morgan fingerprint density at radius 2 is 1.78 bits per heavy atom. The number of anilines is 1. The molecule has 0 unspecified atom stereocenters.